The minimum atomic E-state index is -0.616. The summed E-state index contributed by atoms with van der Waals surface area (Å²) in [5.74, 6) is 1.90. The van der Waals surface area contributed by atoms with Crippen LogP contribution in [0.15, 0.2) is 0 Å². The Balaban J connectivity index is 1.60. The molecule has 8 atom stereocenters. The summed E-state index contributed by atoms with van der Waals surface area (Å²) in [7, 11) is 0. The molecule has 0 radical (unpaired) electrons. The average molecular weight is 316 g/mol. The molecule has 0 amide bonds. The van der Waals surface area contributed by atoms with Crippen LogP contribution in [0.3, 0.4) is 0 Å². The molecule has 6 saturated carbocycles. The number of carbonyl (C=O) groups is 2. The van der Waals surface area contributed by atoms with Crippen LogP contribution in [-0.4, -0.2) is 16.9 Å². The highest BCUT2D eigenvalue weighted by Crippen LogP contribution is 2.83. The highest BCUT2D eigenvalue weighted by molar-refractivity contribution is 5.98. The van der Waals surface area contributed by atoms with E-state index in [1.54, 1.807) is 0 Å². The van der Waals surface area contributed by atoms with Crippen molar-refractivity contribution < 1.29 is 14.7 Å². The summed E-state index contributed by atoms with van der Waals surface area (Å²) in [6.07, 6.45) is 7.13. The first-order valence-electron chi connectivity index (χ1n) is 9.49. The number of fused-ring (bicyclic) bond motifs is 1. The van der Waals surface area contributed by atoms with E-state index in [0.29, 0.717) is 23.5 Å². The van der Waals surface area contributed by atoms with Crippen LogP contribution in [0.4, 0.5) is 0 Å². The fourth-order valence-corrected chi connectivity index (χ4v) is 8.53. The van der Waals surface area contributed by atoms with Crippen molar-refractivity contribution in [2.24, 2.45) is 45.3 Å². The molecule has 0 aliphatic heterocycles. The number of carboxylic acids is 1. The van der Waals surface area contributed by atoms with Crippen LogP contribution in [0.1, 0.15) is 65.7 Å². The first kappa shape index (κ1) is 14.5. The van der Waals surface area contributed by atoms with Crippen LogP contribution in [0.5, 0.6) is 0 Å². The van der Waals surface area contributed by atoms with Crippen LogP contribution in [0.2, 0.25) is 0 Å². The Morgan fingerprint density at radius 3 is 2.43 bits per heavy atom. The van der Waals surface area contributed by atoms with Gasteiger partial charge in [-0.2, -0.15) is 0 Å². The highest BCUT2D eigenvalue weighted by Gasteiger charge is 2.83. The molecule has 8 unspecified atom stereocenters. The Bertz CT molecular complexity index is 641. The molecule has 6 fully saturated rings. The first-order valence-corrected chi connectivity index (χ1v) is 9.49. The minimum Gasteiger partial charge on any atom is -0.481 e. The summed E-state index contributed by atoms with van der Waals surface area (Å²) in [6, 6.07) is 0. The summed E-state index contributed by atoms with van der Waals surface area (Å²) in [5, 5.41) is 9.91. The van der Waals surface area contributed by atoms with Gasteiger partial charge in [0.05, 0.1) is 5.41 Å². The average Bonchev–Trinajstić information content (AvgIpc) is 3.03. The van der Waals surface area contributed by atoms with Gasteiger partial charge in [-0.1, -0.05) is 20.3 Å². The van der Waals surface area contributed by atoms with Gasteiger partial charge in [-0.25, -0.2) is 0 Å². The van der Waals surface area contributed by atoms with Gasteiger partial charge in [-0.3, -0.25) is 9.59 Å². The van der Waals surface area contributed by atoms with Crippen LogP contribution in [-0.2, 0) is 9.59 Å². The van der Waals surface area contributed by atoms with Gasteiger partial charge in [0.25, 0.3) is 0 Å². The molecule has 0 aromatic rings. The zero-order valence-electron chi connectivity index (χ0n) is 14.5. The number of aliphatic carboxylic acids is 1. The van der Waals surface area contributed by atoms with Crippen molar-refractivity contribution >= 4 is 11.8 Å². The number of hydrogen-bond donors (Lipinski definition) is 1. The second-order valence-electron chi connectivity index (χ2n) is 10.1. The van der Waals surface area contributed by atoms with Gasteiger partial charge in [0.15, 0.2) is 0 Å². The van der Waals surface area contributed by atoms with E-state index in [9.17, 15) is 14.7 Å². The third-order valence-electron chi connectivity index (χ3n) is 9.74. The van der Waals surface area contributed by atoms with E-state index in [2.05, 4.69) is 13.8 Å². The monoisotopic (exact) mass is 316 g/mol. The lowest BCUT2D eigenvalue weighted by atomic mass is 9.39. The third-order valence-corrected chi connectivity index (χ3v) is 9.74. The number of Topliss-reactive ketones (excluding diaryl/α,β-unsaturated/α-hetero) is 1. The standard InChI is InChI=1S/C20H28O3/c1-17-6-4-7-18(2,16(22)23)13(17)5-8-20-10-12-11(9-14(17)20)19(12,3)15(20)21/h11-14H,4-10H2,1-3H3,(H,22,23). The van der Waals surface area contributed by atoms with E-state index in [4.69, 9.17) is 0 Å². The van der Waals surface area contributed by atoms with Crippen molar-refractivity contribution in [3.63, 3.8) is 0 Å². The van der Waals surface area contributed by atoms with Crippen molar-refractivity contribution in [2.45, 2.75) is 65.7 Å². The van der Waals surface area contributed by atoms with Gasteiger partial charge in [0, 0.05) is 10.8 Å². The lowest BCUT2D eigenvalue weighted by Gasteiger charge is -2.64. The van der Waals surface area contributed by atoms with Crippen LogP contribution in [0, 0.1) is 45.3 Å². The lowest BCUT2D eigenvalue weighted by molar-refractivity contribution is -0.188. The third kappa shape index (κ3) is 1.27. The molecule has 6 aliphatic carbocycles. The van der Waals surface area contributed by atoms with Crippen molar-refractivity contribution in [3.05, 3.63) is 0 Å². The van der Waals surface area contributed by atoms with E-state index < -0.39 is 11.4 Å². The molecule has 0 saturated heterocycles. The predicted molar refractivity (Wildman–Crippen MR) is 85.7 cm³/mol. The second-order valence-corrected chi connectivity index (χ2v) is 10.1. The number of ketones is 1. The second kappa shape index (κ2) is 3.70. The summed E-state index contributed by atoms with van der Waals surface area (Å²) < 4.78 is 0. The van der Waals surface area contributed by atoms with Gasteiger partial charge >= 0.3 is 5.97 Å². The first-order chi connectivity index (χ1) is 10.7. The summed E-state index contributed by atoms with van der Waals surface area (Å²) in [4.78, 5) is 25.3. The van der Waals surface area contributed by atoms with Crippen LogP contribution in [0.25, 0.3) is 0 Å². The molecule has 6 rings (SSSR count). The SMILES string of the molecule is CC1(C(=O)O)CCCC2(C)C1CCC13CC4C(CC12)C4(C)C3=O. The van der Waals surface area contributed by atoms with E-state index in [1.807, 2.05) is 6.92 Å². The maximum Gasteiger partial charge on any atom is 0.309 e. The summed E-state index contributed by atoms with van der Waals surface area (Å²) in [5.41, 5.74) is -0.625. The fraction of sp³-hybridized carbons (Fsp3) is 0.900. The maximum absolute atomic E-state index is 13.3. The van der Waals surface area contributed by atoms with Crippen molar-refractivity contribution in [1.29, 1.82) is 0 Å². The molecule has 3 heteroatoms. The fourth-order valence-electron chi connectivity index (χ4n) is 8.53. The Morgan fingerprint density at radius 2 is 1.83 bits per heavy atom. The van der Waals surface area contributed by atoms with Gasteiger partial charge in [-0.15, -0.1) is 0 Å². The topological polar surface area (TPSA) is 54.4 Å². The largest absolute Gasteiger partial charge is 0.481 e. The van der Waals surface area contributed by atoms with E-state index in [0.717, 1.165) is 38.5 Å². The Labute approximate surface area is 138 Å². The molecule has 0 aromatic heterocycles. The molecule has 0 aromatic carbocycles. The zero-order valence-corrected chi connectivity index (χ0v) is 14.5. The van der Waals surface area contributed by atoms with Crippen LogP contribution >= 0.6 is 0 Å². The van der Waals surface area contributed by atoms with Gasteiger partial charge in [0.2, 0.25) is 0 Å². The van der Waals surface area contributed by atoms with Crippen molar-refractivity contribution in [3.8, 4) is 0 Å². The van der Waals surface area contributed by atoms with E-state index in [1.165, 1.54) is 6.42 Å². The molecule has 3 nitrogen and oxygen atoms in total. The molecule has 0 heterocycles. The highest BCUT2D eigenvalue weighted by atomic mass is 16.4. The Morgan fingerprint density at radius 1 is 1.09 bits per heavy atom. The molecule has 126 valence electrons. The number of carbonyl (C=O) groups excluding carboxylic acids is 1. The van der Waals surface area contributed by atoms with Crippen molar-refractivity contribution in [1.82, 2.24) is 0 Å². The van der Waals surface area contributed by atoms with E-state index in [-0.39, 0.29) is 22.2 Å². The van der Waals surface area contributed by atoms with Gasteiger partial charge in [-0.05, 0) is 74.5 Å². The molecule has 1 N–H and O–H groups in total. The molecule has 4 bridgehead atoms. The zero-order chi connectivity index (χ0) is 16.4. The maximum atomic E-state index is 13.3. The predicted octanol–water partition coefficient (Wildman–Crippen LogP) is 3.91. The van der Waals surface area contributed by atoms with E-state index >= 15 is 0 Å². The van der Waals surface area contributed by atoms with Crippen molar-refractivity contribution in [2.75, 3.05) is 0 Å². The molecule has 1 spiro atoms. The molecule has 6 aliphatic rings. The van der Waals surface area contributed by atoms with Gasteiger partial charge in [0.1, 0.15) is 5.78 Å². The van der Waals surface area contributed by atoms with Crippen LogP contribution < -0.4 is 0 Å². The Kier molecular flexibility index (Phi) is 2.33. The number of rotatable bonds is 1. The normalized spacial score (nSPS) is 62.5. The Hall–Kier alpha value is -0.860. The minimum absolute atomic E-state index is 0.00443. The number of carboxylic acid groups (broad SMARTS) is 1. The lowest BCUT2D eigenvalue weighted by Crippen LogP contribution is -2.61. The smallest absolute Gasteiger partial charge is 0.309 e. The quantitative estimate of drug-likeness (QED) is 0.798. The summed E-state index contributed by atoms with van der Waals surface area (Å²) in [6.45, 7) is 6.53. The van der Waals surface area contributed by atoms with Gasteiger partial charge < -0.3 is 5.11 Å². The molecule has 23 heavy (non-hydrogen) atoms. The molecular formula is C20H28O3. The number of hydrogen-bond acceptors (Lipinski definition) is 2. The molecular weight excluding hydrogens is 288 g/mol. The summed E-state index contributed by atoms with van der Waals surface area (Å²) >= 11 is 0.